The van der Waals surface area contributed by atoms with Gasteiger partial charge in [0.15, 0.2) is 0 Å². The van der Waals surface area contributed by atoms with Crippen LogP contribution in [0, 0.1) is 0 Å². The molecular weight excluding hydrogens is 344 g/mol. The summed E-state index contributed by atoms with van der Waals surface area (Å²) in [7, 11) is 0. The first-order valence-corrected chi connectivity index (χ1v) is 11.7. The minimum absolute atomic E-state index is 0.467. The van der Waals surface area contributed by atoms with Gasteiger partial charge in [-0.05, 0) is 50.2 Å². The van der Waals surface area contributed by atoms with Gasteiger partial charge >= 0.3 is 5.97 Å². The molecule has 158 valence electrons. The van der Waals surface area contributed by atoms with E-state index in [0.29, 0.717) is 5.56 Å². The second-order valence-electron chi connectivity index (χ2n) is 8.00. The van der Waals surface area contributed by atoms with Gasteiger partial charge in [0.1, 0.15) is 0 Å². The molecule has 1 aromatic rings. The van der Waals surface area contributed by atoms with Gasteiger partial charge in [0.25, 0.3) is 0 Å². The number of carboxylic acid groups (broad SMARTS) is 1. The first-order valence-electron chi connectivity index (χ1n) is 11.7. The highest BCUT2D eigenvalue weighted by Gasteiger charge is 2.07. The Morgan fingerprint density at radius 2 is 1.25 bits per heavy atom. The van der Waals surface area contributed by atoms with Gasteiger partial charge in [-0.1, -0.05) is 101 Å². The summed E-state index contributed by atoms with van der Waals surface area (Å²) < 4.78 is 0. The summed E-state index contributed by atoms with van der Waals surface area (Å²) in [6.45, 7) is 2.26. The number of aryl methyl sites for hydroxylation is 1. The third-order valence-electron chi connectivity index (χ3n) is 5.46. The monoisotopic (exact) mass is 386 g/mol. The number of aromatic carboxylic acids is 1. The zero-order valence-electron chi connectivity index (χ0n) is 18.1. The van der Waals surface area contributed by atoms with Gasteiger partial charge in [0, 0.05) is 0 Å². The van der Waals surface area contributed by atoms with Crippen LogP contribution in [-0.4, -0.2) is 11.1 Å². The van der Waals surface area contributed by atoms with Crippen LogP contribution in [0.4, 0.5) is 0 Å². The van der Waals surface area contributed by atoms with E-state index in [1.807, 2.05) is 12.1 Å². The van der Waals surface area contributed by atoms with Crippen molar-refractivity contribution in [1.82, 2.24) is 0 Å². The molecule has 0 bridgehead atoms. The first kappa shape index (κ1) is 24.5. The lowest BCUT2D eigenvalue weighted by atomic mass is 10.00. The molecule has 0 aliphatic carbocycles. The largest absolute Gasteiger partial charge is 0.478 e. The predicted molar refractivity (Wildman–Crippen MR) is 121 cm³/mol. The van der Waals surface area contributed by atoms with Crippen molar-refractivity contribution in [2.24, 2.45) is 0 Å². The average molecular weight is 387 g/mol. The lowest BCUT2D eigenvalue weighted by molar-refractivity contribution is 0.0695. The Bertz CT molecular complexity index is 533. The van der Waals surface area contributed by atoms with Crippen LogP contribution >= 0.6 is 0 Å². The summed E-state index contributed by atoms with van der Waals surface area (Å²) in [5.41, 5.74) is 1.44. The molecule has 0 radical (unpaired) electrons. The highest BCUT2D eigenvalue weighted by Crippen LogP contribution is 2.15. The normalized spacial score (nSPS) is 11.3. The number of carboxylic acids is 1. The van der Waals surface area contributed by atoms with E-state index in [4.69, 9.17) is 0 Å². The van der Waals surface area contributed by atoms with E-state index < -0.39 is 5.97 Å². The third-order valence-corrected chi connectivity index (χ3v) is 5.46. The van der Waals surface area contributed by atoms with Crippen LogP contribution in [0.25, 0.3) is 0 Å². The molecular formula is C26H42O2. The number of rotatable bonds is 18. The lowest BCUT2D eigenvalue weighted by Crippen LogP contribution is -2.02. The second-order valence-corrected chi connectivity index (χ2v) is 8.00. The molecule has 0 aliphatic rings. The van der Waals surface area contributed by atoms with Crippen LogP contribution in [0.1, 0.15) is 119 Å². The molecule has 0 aliphatic heterocycles. The van der Waals surface area contributed by atoms with Gasteiger partial charge < -0.3 is 5.11 Å². The predicted octanol–water partition coefficient (Wildman–Crippen LogP) is 8.35. The smallest absolute Gasteiger partial charge is 0.335 e. The molecule has 1 N–H and O–H groups in total. The van der Waals surface area contributed by atoms with Crippen molar-refractivity contribution < 1.29 is 9.90 Å². The Labute approximate surface area is 173 Å². The lowest BCUT2D eigenvalue weighted by Gasteiger charge is -2.06. The quantitative estimate of drug-likeness (QED) is 0.203. The molecule has 28 heavy (non-hydrogen) atoms. The van der Waals surface area contributed by atoms with Crippen molar-refractivity contribution in [3.8, 4) is 0 Å². The minimum Gasteiger partial charge on any atom is -0.478 e. The molecule has 0 saturated heterocycles. The van der Waals surface area contributed by atoms with Crippen molar-refractivity contribution in [2.75, 3.05) is 0 Å². The number of hydrogen-bond donors (Lipinski definition) is 1. The summed E-state index contributed by atoms with van der Waals surface area (Å²) >= 11 is 0. The number of unbranched alkanes of at least 4 members (excludes halogenated alkanes) is 13. The van der Waals surface area contributed by atoms with E-state index >= 15 is 0 Å². The first-order chi connectivity index (χ1) is 13.8. The fraction of sp³-hybridized carbons (Fsp3) is 0.654. The van der Waals surface area contributed by atoms with Gasteiger partial charge in [-0.3, -0.25) is 0 Å². The second kappa shape index (κ2) is 17.5. The number of carbonyl (C=O) groups is 1. The van der Waals surface area contributed by atoms with Crippen molar-refractivity contribution in [2.45, 2.75) is 110 Å². The highest BCUT2D eigenvalue weighted by molar-refractivity contribution is 5.89. The topological polar surface area (TPSA) is 37.3 Å². The maximum atomic E-state index is 11.2. The fourth-order valence-electron chi connectivity index (χ4n) is 3.69. The van der Waals surface area contributed by atoms with E-state index in [-0.39, 0.29) is 0 Å². The van der Waals surface area contributed by atoms with Gasteiger partial charge in [-0.25, -0.2) is 4.79 Å². The molecule has 0 amide bonds. The summed E-state index contributed by atoms with van der Waals surface area (Å²) in [5.74, 6) is -0.807. The zero-order chi connectivity index (χ0) is 20.3. The SMILES string of the molecule is CCCCCCC=CCCCCCCCCCCCc1ccccc1C(=O)O. The van der Waals surface area contributed by atoms with Crippen LogP contribution in [0.2, 0.25) is 0 Å². The summed E-state index contributed by atoms with van der Waals surface area (Å²) in [6.07, 6.45) is 25.3. The molecule has 2 heteroatoms. The zero-order valence-corrected chi connectivity index (χ0v) is 18.1. The number of benzene rings is 1. The minimum atomic E-state index is -0.807. The van der Waals surface area contributed by atoms with Crippen LogP contribution in [0.3, 0.4) is 0 Å². The van der Waals surface area contributed by atoms with E-state index in [1.54, 1.807) is 12.1 Å². The number of hydrogen-bond acceptors (Lipinski definition) is 1. The molecule has 0 fully saturated rings. The molecule has 1 rings (SSSR count). The van der Waals surface area contributed by atoms with Crippen molar-refractivity contribution in [3.05, 3.63) is 47.5 Å². The average Bonchev–Trinajstić information content (AvgIpc) is 2.70. The van der Waals surface area contributed by atoms with Crippen molar-refractivity contribution in [1.29, 1.82) is 0 Å². The van der Waals surface area contributed by atoms with Crippen LogP contribution in [-0.2, 0) is 6.42 Å². The highest BCUT2D eigenvalue weighted by atomic mass is 16.4. The number of allylic oxidation sites excluding steroid dienone is 2. The fourth-order valence-corrected chi connectivity index (χ4v) is 3.69. The summed E-state index contributed by atoms with van der Waals surface area (Å²) in [5, 5.41) is 9.21. The molecule has 0 spiro atoms. The third kappa shape index (κ3) is 12.8. The Morgan fingerprint density at radius 1 is 0.750 bits per heavy atom. The Morgan fingerprint density at radius 3 is 1.82 bits per heavy atom. The van der Waals surface area contributed by atoms with Crippen LogP contribution in [0.5, 0.6) is 0 Å². The summed E-state index contributed by atoms with van der Waals surface area (Å²) in [4.78, 5) is 11.2. The van der Waals surface area contributed by atoms with E-state index in [0.717, 1.165) is 18.4 Å². The Hall–Kier alpha value is -1.57. The van der Waals surface area contributed by atoms with E-state index in [9.17, 15) is 9.90 Å². The van der Waals surface area contributed by atoms with Crippen LogP contribution in [0.15, 0.2) is 36.4 Å². The van der Waals surface area contributed by atoms with Crippen molar-refractivity contribution in [3.63, 3.8) is 0 Å². The van der Waals surface area contributed by atoms with Gasteiger partial charge in [0.2, 0.25) is 0 Å². The van der Waals surface area contributed by atoms with Gasteiger partial charge in [-0.2, -0.15) is 0 Å². The molecule has 0 heterocycles. The Balaban J connectivity index is 1.87. The maximum absolute atomic E-state index is 11.2. The van der Waals surface area contributed by atoms with Gasteiger partial charge in [0.05, 0.1) is 5.56 Å². The molecule has 1 aromatic carbocycles. The molecule has 0 saturated carbocycles. The van der Waals surface area contributed by atoms with E-state index in [2.05, 4.69) is 19.1 Å². The molecule has 0 unspecified atom stereocenters. The molecule has 0 atom stereocenters. The van der Waals surface area contributed by atoms with E-state index in [1.165, 1.54) is 89.9 Å². The van der Waals surface area contributed by atoms with Gasteiger partial charge in [-0.15, -0.1) is 0 Å². The Kier molecular flexibility index (Phi) is 15.3. The molecule has 0 aromatic heterocycles. The maximum Gasteiger partial charge on any atom is 0.335 e. The van der Waals surface area contributed by atoms with Crippen molar-refractivity contribution >= 4 is 5.97 Å². The van der Waals surface area contributed by atoms with Crippen LogP contribution < -0.4 is 0 Å². The molecule has 2 nitrogen and oxygen atoms in total. The summed E-state index contributed by atoms with van der Waals surface area (Å²) in [6, 6.07) is 7.40. The standard InChI is InChI=1S/C26H42O2/c1-2-3-4-5-6-7-8-9-10-11-12-13-14-15-16-17-18-21-24-22-19-20-23-25(24)26(27)28/h7-8,19-20,22-23H,2-6,9-18,21H2,1H3,(H,27,28).